The topological polar surface area (TPSA) is 72.9 Å². The van der Waals surface area contributed by atoms with Crippen molar-refractivity contribution >= 4 is 50.9 Å². The molecule has 0 N–H and O–H groups in total. The summed E-state index contributed by atoms with van der Waals surface area (Å²) >= 11 is 4.16. The molecule has 0 spiro atoms. The quantitative estimate of drug-likeness (QED) is 0.559. The first kappa shape index (κ1) is 17.6. The number of ether oxygens (including phenoxy) is 2. The molecule has 2 rings (SSSR count). The van der Waals surface area contributed by atoms with E-state index in [2.05, 4.69) is 15.9 Å². The first-order chi connectivity index (χ1) is 11.0. The molecule has 6 nitrogen and oxygen atoms in total. The van der Waals surface area contributed by atoms with Crippen LogP contribution < -0.4 is 4.74 Å². The van der Waals surface area contributed by atoms with E-state index in [4.69, 9.17) is 9.47 Å². The Bertz CT molecular complexity index is 688. The van der Waals surface area contributed by atoms with Crippen molar-refractivity contribution in [2.75, 3.05) is 20.3 Å². The molecule has 1 aromatic carbocycles. The summed E-state index contributed by atoms with van der Waals surface area (Å²) in [5, 5.41) is -0.484. The first-order valence-electron chi connectivity index (χ1n) is 6.70. The van der Waals surface area contributed by atoms with Crippen molar-refractivity contribution in [1.29, 1.82) is 0 Å². The fourth-order valence-electron chi connectivity index (χ4n) is 1.90. The fraction of sp³-hybridized carbons (Fsp3) is 0.267. The van der Waals surface area contributed by atoms with Gasteiger partial charge in [-0.05, 0) is 58.4 Å². The first-order valence-corrected chi connectivity index (χ1v) is 8.31. The number of benzene rings is 1. The minimum atomic E-state index is -0.608. The molecule has 0 radical (unpaired) electrons. The predicted molar refractivity (Wildman–Crippen MR) is 90.0 cm³/mol. The Morgan fingerprint density at radius 1 is 1.39 bits per heavy atom. The van der Waals surface area contributed by atoms with E-state index >= 15 is 0 Å². The zero-order valence-electron chi connectivity index (χ0n) is 12.5. The molecular weight excluding hydrogens is 386 g/mol. The lowest BCUT2D eigenvalue weighted by molar-refractivity contribution is -0.145. The highest BCUT2D eigenvalue weighted by atomic mass is 79.9. The summed E-state index contributed by atoms with van der Waals surface area (Å²) in [6.07, 6.45) is 1.60. The van der Waals surface area contributed by atoms with Crippen molar-refractivity contribution in [3.63, 3.8) is 0 Å². The van der Waals surface area contributed by atoms with Crippen LogP contribution in [0.15, 0.2) is 27.6 Å². The van der Waals surface area contributed by atoms with Crippen LogP contribution >= 0.6 is 27.7 Å². The second-order valence-corrected chi connectivity index (χ2v) is 6.31. The van der Waals surface area contributed by atoms with E-state index in [-0.39, 0.29) is 18.1 Å². The van der Waals surface area contributed by atoms with Gasteiger partial charge in [0.15, 0.2) is 0 Å². The molecule has 0 aliphatic carbocycles. The molecule has 1 fully saturated rings. The van der Waals surface area contributed by atoms with Crippen LogP contribution in [-0.2, 0) is 14.3 Å². The van der Waals surface area contributed by atoms with Crippen LogP contribution in [-0.4, -0.2) is 42.3 Å². The van der Waals surface area contributed by atoms with Gasteiger partial charge in [-0.1, -0.05) is 6.07 Å². The molecule has 1 aliphatic rings. The molecule has 8 heteroatoms. The smallest absolute Gasteiger partial charge is 0.326 e. The summed E-state index contributed by atoms with van der Waals surface area (Å²) in [5.41, 5.74) is 0.735. The molecule has 0 bridgehead atoms. The average molecular weight is 400 g/mol. The summed E-state index contributed by atoms with van der Waals surface area (Å²) in [6.45, 7) is 1.49. The van der Waals surface area contributed by atoms with E-state index in [1.165, 1.54) is 0 Å². The number of imide groups is 1. The summed E-state index contributed by atoms with van der Waals surface area (Å²) < 4.78 is 10.6. The highest BCUT2D eigenvalue weighted by Gasteiger charge is 2.36. The second-order valence-electron chi connectivity index (χ2n) is 4.47. The molecule has 0 atom stereocenters. The van der Waals surface area contributed by atoms with Crippen molar-refractivity contribution in [2.24, 2.45) is 0 Å². The maximum Gasteiger partial charge on any atom is 0.326 e. The lowest BCUT2D eigenvalue weighted by Gasteiger charge is -2.10. The monoisotopic (exact) mass is 399 g/mol. The summed E-state index contributed by atoms with van der Waals surface area (Å²) in [5.74, 6) is -0.444. The highest BCUT2D eigenvalue weighted by molar-refractivity contribution is 9.10. The van der Waals surface area contributed by atoms with Gasteiger partial charge in [-0.3, -0.25) is 19.3 Å². The van der Waals surface area contributed by atoms with Crippen molar-refractivity contribution in [2.45, 2.75) is 6.92 Å². The minimum Gasteiger partial charge on any atom is -0.496 e. The van der Waals surface area contributed by atoms with Crippen LogP contribution in [0, 0.1) is 0 Å². The number of amides is 2. The predicted octanol–water partition coefficient (Wildman–Crippen LogP) is 3.06. The van der Waals surface area contributed by atoms with Crippen LogP contribution in [0.1, 0.15) is 12.5 Å². The van der Waals surface area contributed by atoms with Gasteiger partial charge in [0, 0.05) is 0 Å². The van der Waals surface area contributed by atoms with Gasteiger partial charge >= 0.3 is 5.97 Å². The normalized spacial score (nSPS) is 16.1. The van der Waals surface area contributed by atoms with Gasteiger partial charge in [-0.15, -0.1) is 0 Å². The SMILES string of the molecule is CCOC(=O)CN1C(=O)S/C(=C\c2ccc(OC)c(Br)c2)C1=O. The number of esters is 1. The molecular formula is C15H14BrNO5S. The maximum atomic E-state index is 12.2. The molecule has 0 saturated carbocycles. The van der Waals surface area contributed by atoms with E-state index in [9.17, 15) is 14.4 Å². The number of hydrogen-bond acceptors (Lipinski definition) is 6. The number of methoxy groups -OCH3 is 1. The number of rotatable bonds is 5. The number of nitrogens with zero attached hydrogens (tertiary/aromatic N) is 1. The Hall–Kier alpha value is -1.80. The lowest BCUT2D eigenvalue weighted by Crippen LogP contribution is -2.34. The summed E-state index contributed by atoms with van der Waals surface area (Å²) in [7, 11) is 1.56. The second kappa shape index (κ2) is 7.65. The lowest BCUT2D eigenvalue weighted by atomic mass is 10.2. The van der Waals surface area contributed by atoms with Crippen LogP contribution in [0.3, 0.4) is 0 Å². The molecule has 2 amide bonds. The molecule has 1 heterocycles. The van der Waals surface area contributed by atoms with E-state index < -0.39 is 17.1 Å². The van der Waals surface area contributed by atoms with Crippen LogP contribution in [0.2, 0.25) is 0 Å². The van der Waals surface area contributed by atoms with E-state index in [1.807, 2.05) is 0 Å². The Morgan fingerprint density at radius 3 is 2.74 bits per heavy atom. The van der Waals surface area contributed by atoms with Crippen LogP contribution in [0.4, 0.5) is 4.79 Å². The average Bonchev–Trinajstić information content (AvgIpc) is 2.75. The molecule has 122 valence electrons. The van der Waals surface area contributed by atoms with Gasteiger partial charge in [0.1, 0.15) is 12.3 Å². The van der Waals surface area contributed by atoms with Crippen LogP contribution in [0.25, 0.3) is 6.08 Å². The standard InChI is InChI=1S/C15H14BrNO5S/c1-3-22-13(18)8-17-14(19)12(23-15(17)20)7-9-4-5-11(21-2)10(16)6-9/h4-7H,3,8H2,1-2H3/b12-7-. The third-order valence-electron chi connectivity index (χ3n) is 2.94. The molecule has 0 aromatic heterocycles. The van der Waals surface area contributed by atoms with Crippen molar-refractivity contribution in [1.82, 2.24) is 4.90 Å². The Kier molecular flexibility index (Phi) is 5.84. The zero-order valence-corrected chi connectivity index (χ0v) is 14.9. The summed E-state index contributed by atoms with van der Waals surface area (Å²) in [6, 6.07) is 5.29. The number of thioether (sulfide) groups is 1. The van der Waals surface area contributed by atoms with Crippen molar-refractivity contribution < 1.29 is 23.9 Å². The molecule has 1 aromatic rings. The van der Waals surface area contributed by atoms with Crippen molar-refractivity contribution in [3.8, 4) is 5.75 Å². The van der Waals surface area contributed by atoms with E-state index in [0.29, 0.717) is 5.75 Å². The number of hydrogen-bond donors (Lipinski definition) is 0. The van der Waals surface area contributed by atoms with Gasteiger partial charge < -0.3 is 9.47 Å². The molecule has 1 saturated heterocycles. The van der Waals surface area contributed by atoms with Gasteiger partial charge in [0.05, 0.1) is 23.1 Å². The maximum absolute atomic E-state index is 12.2. The Morgan fingerprint density at radius 2 is 2.13 bits per heavy atom. The number of carbonyl (C=O) groups excluding carboxylic acids is 3. The third kappa shape index (κ3) is 4.14. The van der Waals surface area contributed by atoms with Gasteiger partial charge in [0.25, 0.3) is 11.1 Å². The van der Waals surface area contributed by atoms with Gasteiger partial charge in [-0.2, -0.15) is 0 Å². The molecule has 1 aliphatic heterocycles. The highest BCUT2D eigenvalue weighted by Crippen LogP contribution is 2.33. The number of carbonyl (C=O) groups is 3. The fourth-order valence-corrected chi connectivity index (χ4v) is 3.29. The molecule has 0 unspecified atom stereocenters. The van der Waals surface area contributed by atoms with E-state index in [0.717, 1.165) is 26.7 Å². The van der Waals surface area contributed by atoms with Gasteiger partial charge in [0.2, 0.25) is 0 Å². The van der Waals surface area contributed by atoms with Crippen molar-refractivity contribution in [3.05, 3.63) is 33.1 Å². The van der Waals surface area contributed by atoms with Gasteiger partial charge in [-0.25, -0.2) is 0 Å². The third-order valence-corrected chi connectivity index (χ3v) is 4.47. The Balaban J connectivity index is 2.18. The van der Waals surface area contributed by atoms with E-state index in [1.54, 1.807) is 38.3 Å². The largest absolute Gasteiger partial charge is 0.496 e. The zero-order chi connectivity index (χ0) is 17.0. The Labute approximate surface area is 145 Å². The van der Waals surface area contributed by atoms with Crippen LogP contribution in [0.5, 0.6) is 5.75 Å². The minimum absolute atomic E-state index is 0.199. The summed E-state index contributed by atoms with van der Waals surface area (Å²) in [4.78, 5) is 36.7. The number of halogens is 1. The molecule has 23 heavy (non-hydrogen) atoms.